The predicted molar refractivity (Wildman–Crippen MR) is 107 cm³/mol. The Morgan fingerprint density at radius 1 is 1.17 bits per heavy atom. The van der Waals surface area contributed by atoms with Crippen LogP contribution in [0, 0.1) is 0 Å². The van der Waals surface area contributed by atoms with Crippen molar-refractivity contribution in [1.82, 2.24) is 9.88 Å². The van der Waals surface area contributed by atoms with E-state index in [1.807, 2.05) is 36.4 Å². The Hall–Kier alpha value is -3.06. The first-order valence-corrected chi connectivity index (χ1v) is 9.53. The number of methoxy groups -OCH3 is 3. The predicted octanol–water partition coefficient (Wildman–Crippen LogP) is 3.51. The van der Waals surface area contributed by atoms with Crippen LogP contribution in [-0.4, -0.2) is 43.7 Å². The van der Waals surface area contributed by atoms with Gasteiger partial charge in [-0.25, -0.2) is 4.98 Å². The molecule has 1 aliphatic heterocycles. The van der Waals surface area contributed by atoms with E-state index in [0.717, 1.165) is 35.2 Å². The molecule has 2 heterocycles. The molecule has 1 aromatic heterocycles. The second-order valence-electron chi connectivity index (χ2n) is 7.00. The van der Waals surface area contributed by atoms with E-state index in [1.165, 1.54) is 7.11 Å². The van der Waals surface area contributed by atoms with Gasteiger partial charge in [0, 0.05) is 12.6 Å². The summed E-state index contributed by atoms with van der Waals surface area (Å²) in [4.78, 5) is 19.0. The van der Waals surface area contributed by atoms with Crippen LogP contribution in [0.3, 0.4) is 0 Å². The van der Waals surface area contributed by atoms with Gasteiger partial charge in [-0.1, -0.05) is 12.1 Å². The number of hydrogen-bond donors (Lipinski definition) is 0. The molecule has 0 radical (unpaired) electrons. The van der Waals surface area contributed by atoms with Gasteiger partial charge < -0.3 is 18.6 Å². The molecule has 0 N–H and O–H groups in total. The highest BCUT2D eigenvalue weighted by molar-refractivity contribution is 5.72. The lowest BCUT2D eigenvalue weighted by atomic mass is 9.90. The maximum atomic E-state index is 12.2. The van der Waals surface area contributed by atoms with E-state index in [4.69, 9.17) is 18.6 Å². The van der Waals surface area contributed by atoms with Crippen molar-refractivity contribution < 1.29 is 23.4 Å². The first kappa shape index (κ1) is 19.3. The van der Waals surface area contributed by atoms with Crippen molar-refractivity contribution in [3.8, 4) is 11.5 Å². The van der Waals surface area contributed by atoms with Crippen molar-refractivity contribution in [2.75, 3.05) is 27.9 Å². The van der Waals surface area contributed by atoms with Crippen molar-refractivity contribution in [2.45, 2.75) is 25.4 Å². The second-order valence-corrected chi connectivity index (χ2v) is 7.00. The first-order valence-electron chi connectivity index (χ1n) is 9.53. The van der Waals surface area contributed by atoms with Crippen LogP contribution in [0.4, 0.5) is 0 Å². The fourth-order valence-corrected chi connectivity index (χ4v) is 3.91. The molecular formula is C22H24N2O5. The molecule has 7 heteroatoms. The number of oxazole rings is 1. The molecule has 0 fully saturated rings. The summed E-state index contributed by atoms with van der Waals surface area (Å²) in [7, 11) is 4.64. The molecule has 1 aliphatic rings. The lowest BCUT2D eigenvalue weighted by Crippen LogP contribution is -2.36. The molecule has 3 aromatic rings. The zero-order chi connectivity index (χ0) is 20.4. The standard InChI is InChI=1S/C22H24N2O5/c1-26-19-10-14-8-9-24(13-21-23-16-6-4-5-7-18(16)29-21)17(12-22(25)28-3)15(14)11-20(19)27-2/h4-7,10-11,17H,8-9,12-13H2,1-3H3/t17-/m1/s1. The third-order valence-electron chi connectivity index (χ3n) is 5.38. The molecular weight excluding hydrogens is 372 g/mol. The molecule has 0 aliphatic carbocycles. The summed E-state index contributed by atoms with van der Waals surface area (Å²) >= 11 is 0. The number of aromatic nitrogens is 1. The van der Waals surface area contributed by atoms with Gasteiger partial charge in [0.25, 0.3) is 0 Å². The van der Waals surface area contributed by atoms with E-state index in [-0.39, 0.29) is 18.4 Å². The van der Waals surface area contributed by atoms with Crippen LogP contribution >= 0.6 is 0 Å². The van der Waals surface area contributed by atoms with Gasteiger partial charge in [0.15, 0.2) is 17.1 Å². The Balaban J connectivity index is 1.69. The van der Waals surface area contributed by atoms with Crippen molar-refractivity contribution in [1.29, 1.82) is 0 Å². The number of fused-ring (bicyclic) bond motifs is 2. The van der Waals surface area contributed by atoms with Crippen molar-refractivity contribution in [3.05, 3.63) is 53.4 Å². The third kappa shape index (κ3) is 3.78. The molecule has 7 nitrogen and oxygen atoms in total. The highest BCUT2D eigenvalue weighted by atomic mass is 16.5. The largest absolute Gasteiger partial charge is 0.493 e. The zero-order valence-corrected chi connectivity index (χ0v) is 16.8. The fraction of sp³-hybridized carbons (Fsp3) is 0.364. The first-order chi connectivity index (χ1) is 14.1. The monoisotopic (exact) mass is 396 g/mol. The number of benzene rings is 2. The number of rotatable bonds is 6. The minimum Gasteiger partial charge on any atom is -0.493 e. The van der Waals surface area contributed by atoms with Crippen LogP contribution < -0.4 is 9.47 Å². The van der Waals surface area contributed by atoms with Gasteiger partial charge in [-0.15, -0.1) is 0 Å². The van der Waals surface area contributed by atoms with Crippen molar-refractivity contribution in [3.63, 3.8) is 0 Å². The van der Waals surface area contributed by atoms with Gasteiger partial charge in [0.1, 0.15) is 5.52 Å². The lowest BCUT2D eigenvalue weighted by Gasteiger charge is -2.36. The zero-order valence-electron chi connectivity index (χ0n) is 16.8. The van der Waals surface area contributed by atoms with Gasteiger partial charge in [0.2, 0.25) is 5.89 Å². The Labute approximate surface area is 169 Å². The molecule has 4 rings (SSSR count). The number of para-hydroxylation sites is 2. The summed E-state index contributed by atoms with van der Waals surface area (Å²) in [6, 6.07) is 11.5. The molecule has 152 valence electrons. The molecule has 0 unspecified atom stereocenters. The lowest BCUT2D eigenvalue weighted by molar-refractivity contribution is -0.142. The summed E-state index contributed by atoms with van der Waals surface area (Å²) in [5, 5.41) is 0. The minimum absolute atomic E-state index is 0.166. The highest BCUT2D eigenvalue weighted by Gasteiger charge is 2.32. The third-order valence-corrected chi connectivity index (χ3v) is 5.38. The van der Waals surface area contributed by atoms with Crippen molar-refractivity contribution in [2.24, 2.45) is 0 Å². The number of ether oxygens (including phenoxy) is 3. The Morgan fingerprint density at radius 2 is 1.93 bits per heavy atom. The van der Waals surface area contributed by atoms with E-state index in [9.17, 15) is 4.79 Å². The van der Waals surface area contributed by atoms with Crippen molar-refractivity contribution >= 4 is 17.1 Å². The minimum atomic E-state index is -0.264. The number of carbonyl (C=O) groups is 1. The number of esters is 1. The van der Waals surface area contributed by atoms with Gasteiger partial charge in [-0.2, -0.15) is 0 Å². The number of carbonyl (C=O) groups excluding carboxylic acids is 1. The molecule has 0 saturated carbocycles. The summed E-state index contributed by atoms with van der Waals surface area (Å²) < 4.78 is 21.8. The topological polar surface area (TPSA) is 74.0 Å². The molecule has 0 spiro atoms. The van der Waals surface area contributed by atoms with Crippen LogP contribution in [0.5, 0.6) is 11.5 Å². The summed E-state index contributed by atoms with van der Waals surface area (Å²) in [6.45, 7) is 1.27. The van der Waals surface area contributed by atoms with E-state index in [1.54, 1.807) is 14.2 Å². The molecule has 0 saturated heterocycles. The number of hydrogen-bond acceptors (Lipinski definition) is 7. The Bertz CT molecular complexity index is 996. The van der Waals surface area contributed by atoms with Crippen LogP contribution in [0.1, 0.15) is 29.5 Å². The maximum Gasteiger partial charge on any atom is 0.307 e. The summed E-state index contributed by atoms with van der Waals surface area (Å²) in [6.07, 6.45) is 1.06. The number of nitrogens with zero attached hydrogens (tertiary/aromatic N) is 2. The highest BCUT2D eigenvalue weighted by Crippen LogP contribution is 2.40. The molecule has 1 atom stereocenters. The quantitative estimate of drug-likeness (QED) is 0.590. The van der Waals surface area contributed by atoms with E-state index in [2.05, 4.69) is 9.88 Å². The summed E-state index contributed by atoms with van der Waals surface area (Å²) in [5.41, 5.74) is 3.77. The normalized spacial score (nSPS) is 16.4. The van der Waals surface area contributed by atoms with Gasteiger partial charge in [-0.05, 0) is 41.8 Å². The van der Waals surface area contributed by atoms with Crippen LogP contribution in [0.15, 0.2) is 40.8 Å². The smallest absolute Gasteiger partial charge is 0.307 e. The maximum absolute atomic E-state index is 12.2. The van der Waals surface area contributed by atoms with E-state index in [0.29, 0.717) is 23.9 Å². The van der Waals surface area contributed by atoms with Gasteiger partial charge in [-0.3, -0.25) is 9.69 Å². The van der Waals surface area contributed by atoms with Gasteiger partial charge >= 0.3 is 5.97 Å². The SMILES string of the molecule is COC(=O)C[C@@H]1c2cc(OC)c(OC)cc2CCN1Cc1nc2ccccc2o1. The molecule has 2 aromatic carbocycles. The second kappa shape index (κ2) is 8.13. The molecule has 0 amide bonds. The average Bonchev–Trinajstić information content (AvgIpc) is 3.16. The van der Waals surface area contributed by atoms with E-state index < -0.39 is 0 Å². The average molecular weight is 396 g/mol. The summed E-state index contributed by atoms with van der Waals surface area (Å²) in [5.74, 6) is 1.70. The molecule has 29 heavy (non-hydrogen) atoms. The molecule has 0 bridgehead atoms. The van der Waals surface area contributed by atoms with Crippen LogP contribution in [0.2, 0.25) is 0 Å². The van der Waals surface area contributed by atoms with Crippen LogP contribution in [-0.2, 0) is 22.5 Å². The Kier molecular flexibility index (Phi) is 5.40. The van der Waals surface area contributed by atoms with Gasteiger partial charge in [0.05, 0.1) is 34.3 Å². The van der Waals surface area contributed by atoms with E-state index >= 15 is 0 Å². The van der Waals surface area contributed by atoms with Crippen LogP contribution in [0.25, 0.3) is 11.1 Å². The Morgan fingerprint density at radius 3 is 2.66 bits per heavy atom. The fourth-order valence-electron chi connectivity index (χ4n) is 3.91.